The minimum atomic E-state index is -0.413. The van der Waals surface area contributed by atoms with Crippen LogP contribution >= 0.6 is 46.4 Å². The third-order valence-electron chi connectivity index (χ3n) is 8.11. The summed E-state index contributed by atoms with van der Waals surface area (Å²) in [6.45, 7) is 1.09. The van der Waals surface area contributed by atoms with Crippen LogP contribution in [0.4, 0.5) is 11.4 Å². The van der Waals surface area contributed by atoms with Gasteiger partial charge in [0.25, 0.3) is 11.8 Å². The molecule has 2 N–H and O–H groups in total. The van der Waals surface area contributed by atoms with Gasteiger partial charge in [0.05, 0.1) is 11.1 Å². The van der Waals surface area contributed by atoms with Crippen LogP contribution in [0.5, 0.6) is 0 Å². The molecule has 2 aliphatic rings. The molecule has 0 radical (unpaired) electrons. The van der Waals surface area contributed by atoms with Gasteiger partial charge in [0.15, 0.2) is 0 Å². The van der Waals surface area contributed by atoms with Gasteiger partial charge in [0.2, 0.25) is 0 Å². The molecule has 0 spiro atoms. The molecule has 6 rings (SSSR count). The highest BCUT2D eigenvalue weighted by molar-refractivity contribution is 6.35. The lowest BCUT2D eigenvalue weighted by atomic mass is 10.0. The monoisotopic (exact) mass is 666 g/mol. The molecule has 6 nitrogen and oxygen atoms in total. The van der Waals surface area contributed by atoms with Crippen molar-refractivity contribution in [2.45, 2.75) is 38.0 Å². The topological polar surface area (TPSA) is 64.7 Å². The van der Waals surface area contributed by atoms with Crippen LogP contribution in [0, 0.1) is 0 Å². The highest BCUT2D eigenvalue weighted by Gasteiger charge is 2.35. The molecule has 2 atom stereocenters. The van der Waals surface area contributed by atoms with Gasteiger partial charge >= 0.3 is 0 Å². The molecule has 0 bridgehead atoms. The molecule has 0 aromatic heterocycles. The molecule has 4 aromatic rings. The Labute approximate surface area is 276 Å². The highest BCUT2D eigenvalue weighted by Crippen LogP contribution is 2.38. The van der Waals surface area contributed by atoms with Crippen molar-refractivity contribution in [1.29, 1.82) is 0 Å². The van der Waals surface area contributed by atoms with Crippen molar-refractivity contribution < 1.29 is 9.59 Å². The molecular formula is C34H30Cl4N4O2. The molecule has 4 aromatic carbocycles. The maximum atomic E-state index is 13.6. The van der Waals surface area contributed by atoms with Crippen LogP contribution in [0.1, 0.15) is 69.9 Å². The number of hydrogen-bond donors (Lipinski definition) is 2. The van der Waals surface area contributed by atoms with Gasteiger partial charge in [-0.25, -0.2) is 0 Å². The van der Waals surface area contributed by atoms with E-state index in [-0.39, 0.29) is 11.8 Å². The fourth-order valence-corrected chi connectivity index (χ4v) is 6.93. The number of carbonyl (C=O) groups is 2. The van der Waals surface area contributed by atoms with E-state index in [0.717, 1.165) is 48.2 Å². The van der Waals surface area contributed by atoms with Gasteiger partial charge in [0, 0.05) is 55.7 Å². The first-order chi connectivity index (χ1) is 21.3. The lowest BCUT2D eigenvalue weighted by Crippen LogP contribution is -2.43. The van der Waals surface area contributed by atoms with Gasteiger partial charge in [-0.1, -0.05) is 95.6 Å². The number of fused-ring (bicyclic) bond motifs is 2. The van der Waals surface area contributed by atoms with E-state index in [9.17, 15) is 9.59 Å². The lowest BCUT2D eigenvalue weighted by Gasteiger charge is -2.39. The quantitative estimate of drug-likeness (QED) is 0.174. The van der Waals surface area contributed by atoms with Crippen molar-refractivity contribution >= 4 is 69.6 Å². The molecule has 0 aliphatic carbocycles. The number of hydrogen-bond acceptors (Lipinski definition) is 4. The van der Waals surface area contributed by atoms with E-state index in [1.807, 2.05) is 70.5 Å². The van der Waals surface area contributed by atoms with E-state index in [4.69, 9.17) is 46.4 Å². The van der Waals surface area contributed by atoms with Crippen LogP contribution in [0.25, 0.3) is 0 Å². The fourth-order valence-electron chi connectivity index (χ4n) is 5.90. The largest absolute Gasteiger partial charge is 0.361 e. The molecule has 44 heavy (non-hydrogen) atoms. The summed E-state index contributed by atoms with van der Waals surface area (Å²) in [5.74, 6) is -0.0802. The van der Waals surface area contributed by atoms with E-state index in [1.54, 1.807) is 24.3 Å². The summed E-state index contributed by atoms with van der Waals surface area (Å²) in [5.41, 5.74) is 4.42. The second kappa shape index (κ2) is 13.3. The number of carbonyl (C=O) groups excluding carboxylic acids is 2. The maximum Gasteiger partial charge on any atom is 0.257 e. The predicted molar refractivity (Wildman–Crippen MR) is 179 cm³/mol. The smallest absolute Gasteiger partial charge is 0.257 e. The van der Waals surface area contributed by atoms with Crippen LogP contribution in [0.3, 0.4) is 0 Å². The van der Waals surface area contributed by atoms with Crippen LogP contribution < -0.4 is 10.6 Å². The Kier molecular flexibility index (Phi) is 9.24. The van der Waals surface area contributed by atoms with E-state index in [1.165, 1.54) is 0 Å². The van der Waals surface area contributed by atoms with Gasteiger partial charge in [-0.3, -0.25) is 9.59 Å². The number of nitrogens with one attached hydrogen (secondary N) is 2. The molecule has 226 valence electrons. The Hall–Kier alpha value is -3.42. The number of unbranched alkanes of at least 4 members (excludes halogenated alkanes) is 3. The van der Waals surface area contributed by atoms with Gasteiger partial charge in [0.1, 0.15) is 12.3 Å². The van der Waals surface area contributed by atoms with Crippen molar-refractivity contribution in [2.75, 3.05) is 23.7 Å². The second-order valence-corrected chi connectivity index (χ2v) is 12.6. The first-order valence-electron chi connectivity index (χ1n) is 14.5. The number of anilines is 2. The minimum absolute atomic E-state index is 0.0401. The number of nitrogens with zero attached hydrogens (tertiary/aromatic N) is 2. The van der Waals surface area contributed by atoms with Gasteiger partial charge in [-0.15, -0.1) is 0 Å². The summed E-state index contributed by atoms with van der Waals surface area (Å²) in [6, 6.07) is 25.7. The summed E-state index contributed by atoms with van der Waals surface area (Å²) in [7, 11) is 0. The third kappa shape index (κ3) is 6.22. The normalized spacial score (nSPS) is 17.5. The van der Waals surface area contributed by atoms with E-state index in [2.05, 4.69) is 10.6 Å². The van der Waals surface area contributed by atoms with E-state index < -0.39 is 12.3 Å². The molecular weight excluding hydrogens is 638 g/mol. The summed E-state index contributed by atoms with van der Waals surface area (Å²) in [4.78, 5) is 30.9. The van der Waals surface area contributed by atoms with Crippen LogP contribution in [0.2, 0.25) is 20.1 Å². The zero-order valence-electron chi connectivity index (χ0n) is 23.7. The second-order valence-electron chi connectivity index (χ2n) is 10.9. The van der Waals surface area contributed by atoms with E-state index >= 15 is 0 Å². The fraction of sp³-hybridized carbons (Fsp3) is 0.235. The predicted octanol–water partition coefficient (Wildman–Crippen LogP) is 9.69. The lowest BCUT2D eigenvalue weighted by molar-refractivity contribution is 0.0663. The molecule has 10 heteroatoms. The molecule has 2 heterocycles. The van der Waals surface area contributed by atoms with Crippen molar-refractivity contribution in [3.8, 4) is 0 Å². The Bertz CT molecular complexity index is 1590. The van der Waals surface area contributed by atoms with Crippen molar-refractivity contribution in [2.24, 2.45) is 0 Å². The minimum Gasteiger partial charge on any atom is -0.361 e. The third-order valence-corrected chi connectivity index (χ3v) is 9.23. The zero-order valence-corrected chi connectivity index (χ0v) is 26.7. The average molecular weight is 668 g/mol. The molecule has 0 fully saturated rings. The van der Waals surface area contributed by atoms with E-state index in [0.29, 0.717) is 44.3 Å². The standard InChI is InChI=1S/C34H30Cl4N4O2/c35-21-13-15-23(27(37)19-21)31-39-29-11-5-3-9-25(29)33(43)41(31)17-7-1-2-8-18-42-32(24-16-14-22(36)20-28(24)38)40-30-12-6-4-10-26(30)34(42)44/h3-6,9-16,19-20,31-32,39-40H,1-2,7-8,17-18H2. The van der Waals surface area contributed by atoms with Crippen molar-refractivity contribution in [3.05, 3.63) is 127 Å². The van der Waals surface area contributed by atoms with Crippen LogP contribution in [-0.2, 0) is 0 Å². The van der Waals surface area contributed by atoms with Gasteiger partial charge in [-0.2, -0.15) is 0 Å². The summed E-state index contributed by atoms with van der Waals surface area (Å²) >= 11 is 25.5. The number of rotatable bonds is 9. The average Bonchev–Trinajstić information content (AvgIpc) is 3.01. The number of halogens is 4. The van der Waals surface area contributed by atoms with Gasteiger partial charge < -0.3 is 20.4 Å². The Morgan fingerprint density at radius 2 is 0.955 bits per heavy atom. The van der Waals surface area contributed by atoms with Crippen molar-refractivity contribution in [1.82, 2.24) is 9.80 Å². The van der Waals surface area contributed by atoms with Crippen molar-refractivity contribution in [3.63, 3.8) is 0 Å². The van der Waals surface area contributed by atoms with Gasteiger partial charge in [-0.05, 0) is 61.4 Å². The van der Waals surface area contributed by atoms with Crippen LogP contribution in [-0.4, -0.2) is 34.7 Å². The van der Waals surface area contributed by atoms with Crippen LogP contribution in [0.15, 0.2) is 84.9 Å². The Morgan fingerprint density at radius 3 is 1.36 bits per heavy atom. The highest BCUT2D eigenvalue weighted by atomic mass is 35.5. The summed E-state index contributed by atoms with van der Waals surface area (Å²) in [5, 5.41) is 9.09. The summed E-state index contributed by atoms with van der Waals surface area (Å²) in [6.07, 6.45) is 2.52. The summed E-state index contributed by atoms with van der Waals surface area (Å²) < 4.78 is 0. The molecule has 0 saturated heterocycles. The molecule has 2 unspecified atom stereocenters. The molecule has 2 aliphatic heterocycles. The number of benzene rings is 4. The molecule has 2 amide bonds. The Balaban J connectivity index is 1.12. The molecule has 0 saturated carbocycles. The Morgan fingerprint density at radius 1 is 0.545 bits per heavy atom. The first-order valence-corrected chi connectivity index (χ1v) is 16.1. The zero-order chi connectivity index (χ0) is 30.8. The number of para-hydroxylation sites is 2. The SMILES string of the molecule is O=C1c2ccccc2NC(c2ccc(Cl)cc2Cl)N1CCCCCCN1C(=O)c2ccccc2NC1c1ccc(Cl)cc1Cl. The maximum absolute atomic E-state index is 13.6. The first kappa shape index (κ1) is 30.6. The number of amides is 2.